The summed E-state index contributed by atoms with van der Waals surface area (Å²) >= 11 is 11.0. The molecule has 0 aliphatic heterocycles. The third kappa shape index (κ3) is 5.40. The van der Waals surface area contributed by atoms with E-state index in [9.17, 15) is 4.79 Å². The summed E-state index contributed by atoms with van der Waals surface area (Å²) in [6.45, 7) is 8.03. The number of hydrazine groups is 1. The molecular formula is C14H20ClN3O2S. The average Bonchev–Trinajstić information content (AvgIpc) is 2.42. The fraction of sp³-hybridized carbons (Fsp3) is 0.429. The molecule has 0 saturated heterocycles. The third-order valence-electron chi connectivity index (χ3n) is 2.73. The van der Waals surface area contributed by atoms with Gasteiger partial charge in [-0.3, -0.25) is 15.6 Å². The minimum atomic E-state index is -0.665. The predicted octanol–water partition coefficient (Wildman–Crippen LogP) is 2.24. The van der Waals surface area contributed by atoms with E-state index < -0.39 is 6.10 Å². The molecule has 3 N–H and O–H groups in total. The number of thiocarbonyl (C=S) groups is 1. The Kier molecular flexibility index (Phi) is 6.71. The van der Waals surface area contributed by atoms with Gasteiger partial charge in [-0.2, -0.15) is 0 Å². The molecule has 0 aliphatic rings. The molecule has 0 aromatic heterocycles. The number of carbonyl (C=O) groups excluding carboxylic acids is 1. The number of hydrogen-bond donors (Lipinski definition) is 3. The molecule has 0 aliphatic carbocycles. The molecule has 7 heteroatoms. The van der Waals surface area contributed by atoms with E-state index in [4.69, 9.17) is 28.6 Å². The maximum atomic E-state index is 11.9. The number of rotatable bonds is 4. The monoisotopic (exact) mass is 329 g/mol. The normalized spacial score (nSPS) is 11.5. The molecule has 116 valence electrons. The summed E-state index contributed by atoms with van der Waals surface area (Å²) in [7, 11) is 0. The number of halogens is 1. The van der Waals surface area contributed by atoms with Gasteiger partial charge in [-0.25, -0.2) is 0 Å². The van der Waals surface area contributed by atoms with Gasteiger partial charge in [-0.15, -0.1) is 0 Å². The fourth-order valence-corrected chi connectivity index (χ4v) is 1.96. The van der Waals surface area contributed by atoms with Gasteiger partial charge in [0.1, 0.15) is 5.75 Å². The van der Waals surface area contributed by atoms with E-state index in [1.807, 2.05) is 20.8 Å². The molecule has 1 atom stereocenters. The Morgan fingerprint density at radius 3 is 2.43 bits per heavy atom. The zero-order valence-electron chi connectivity index (χ0n) is 12.5. The zero-order chi connectivity index (χ0) is 16.0. The summed E-state index contributed by atoms with van der Waals surface area (Å²) in [6.07, 6.45) is -0.665. The minimum Gasteiger partial charge on any atom is -0.481 e. The maximum absolute atomic E-state index is 11.9. The Hall–Kier alpha value is -1.53. The van der Waals surface area contributed by atoms with E-state index in [1.54, 1.807) is 19.1 Å². The number of hydrogen-bond acceptors (Lipinski definition) is 3. The van der Waals surface area contributed by atoms with Crippen molar-refractivity contribution in [3.05, 3.63) is 28.3 Å². The summed E-state index contributed by atoms with van der Waals surface area (Å²) in [4.78, 5) is 11.9. The van der Waals surface area contributed by atoms with Gasteiger partial charge in [-0.05, 0) is 63.2 Å². The molecule has 0 saturated carbocycles. The van der Waals surface area contributed by atoms with E-state index in [-0.39, 0.29) is 5.91 Å². The van der Waals surface area contributed by atoms with Gasteiger partial charge in [0.2, 0.25) is 0 Å². The second-order valence-electron chi connectivity index (χ2n) is 4.60. The first kappa shape index (κ1) is 17.5. The molecule has 0 spiro atoms. The first-order chi connectivity index (χ1) is 9.85. The van der Waals surface area contributed by atoms with Crippen LogP contribution in [0.1, 0.15) is 25.0 Å². The molecule has 1 aromatic rings. The zero-order valence-corrected chi connectivity index (χ0v) is 14.1. The molecule has 1 amide bonds. The van der Waals surface area contributed by atoms with Crippen molar-refractivity contribution in [3.8, 4) is 5.75 Å². The van der Waals surface area contributed by atoms with Crippen LogP contribution < -0.4 is 20.9 Å². The van der Waals surface area contributed by atoms with Crippen molar-refractivity contribution in [2.45, 2.75) is 33.8 Å². The van der Waals surface area contributed by atoms with Crippen molar-refractivity contribution in [2.75, 3.05) is 6.54 Å². The lowest BCUT2D eigenvalue weighted by Gasteiger charge is -2.17. The second kappa shape index (κ2) is 8.05. The summed E-state index contributed by atoms with van der Waals surface area (Å²) in [5.74, 6) is 0.284. The highest BCUT2D eigenvalue weighted by Gasteiger charge is 2.15. The second-order valence-corrected chi connectivity index (χ2v) is 5.39. The highest BCUT2D eigenvalue weighted by Crippen LogP contribution is 2.26. The SMILES string of the molecule is CCNC(=S)NNC(=O)[C@H](C)Oc1cc(C)c(Cl)c(C)c1. The number of benzene rings is 1. The van der Waals surface area contributed by atoms with Gasteiger partial charge in [0, 0.05) is 11.6 Å². The molecule has 1 rings (SSSR count). The van der Waals surface area contributed by atoms with Crippen LogP contribution in [0.5, 0.6) is 5.75 Å². The number of ether oxygens (including phenoxy) is 1. The molecule has 0 radical (unpaired) electrons. The average molecular weight is 330 g/mol. The number of amides is 1. The Morgan fingerprint density at radius 2 is 1.90 bits per heavy atom. The summed E-state index contributed by atoms with van der Waals surface area (Å²) < 4.78 is 5.61. The van der Waals surface area contributed by atoms with Crippen LogP contribution in [0, 0.1) is 13.8 Å². The van der Waals surface area contributed by atoms with Gasteiger partial charge >= 0.3 is 0 Å². The summed E-state index contributed by atoms with van der Waals surface area (Å²) in [5, 5.41) is 3.92. The third-order valence-corrected chi connectivity index (χ3v) is 3.57. The Balaban J connectivity index is 2.58. The number of aryl methyl sites for hydroxylation is 2. The molecule has 0 unspecified atom stereocenters. The van der Waals surface area contributed by atoms with Gasteiger partial charge in [0.15, 0.2) is 11.2 Å². The lowest BCUT2D eigenvalue weighted by molar-refractivity contribution is -0.127. The van der Waals surface area contributed by atoms with Crippen molar-refractivity contribution >= 4 is 34.8 Å². The predicted molar refractivity (Wildman–Crippen MR) is 88.6 cm³/mol. The molecule has 0 bridgehead atoms. The lowest BCUT2D eigenvalue weighted by Crippen LogP contribution is -2.50. The molecule has 5 nitrogen and oxygen atoms in total. The maximum Gasteiger partial charge on any atom is 0.279 e. The van der Waals surface area contributed by atoms with E-state index in [1.165, 1.54) is 0 Å². The Labute approximate surface area is 135 Å². The molecule has 0 fully saturated rings. The summed E-state index contributed by atoms with van der Waals surface area (Å²) in [6, 6.07) is 3.60. The van der Waals surface area contributed by atoms with Crippen LogP contribution in [0.15, 0.2) is 12.1 Å². The van der Waals surface area contributed by atoms with E-state index in [2.05, 4.69) is 16.2 Å². The van der Waals surface area contributed by atoms with Crippen molar-refractivity contribution in [3.63, 3.8) is 0 Å². The van der Waals surface area contributed by atoms with Crippen molar-refractivity contribution in [1.29, 1.82) is 0 Å². The van der Waals surface area contributed by atoms with Crippen LogP contribution in [0.3, 0.4) is 0 Å². The van der Waals surface area contributed by atoms with Crippen LogP contribution in [-0.2, 0) is 4.79 Å². The van der Waals surface area contributed by atoms with E-state index in [0.717, 1.165) is 11.1 Å². The van der Waals surface area contributed by atoms with E-state index >= 15 is 0 Å². The first-order valence-electron chi connectivity index (χ1n) is 6.62. The van der Waals surface area contributed by atoms with Crippen LogP contribution in [0.25, 0.3) is 0 Å². The lowest BCUT2D eigenvalue weighted by atomic mass is 10.1. The molecular weight excluding hydrogens is 310 g/mol. The van der Waals surface area contributed by atoms with Crippen molar-refractivity contribution < 1.29 is 9.53 Å². The van der Waals surface area contributed by atoms with Gasteiger partial charge in [0.05, 0.1) is 0 Å². The van der Waals surface area contributed by atoms with Crippen molar-refractivity contribution in [2.24, 2.45) is 0 Å². The van der Waals surface area contributed by atoms with Crippen LogP contribution in [-0.4, -0.2) is 23.7 Å². The Morgan fingerprint density at radius 1 is 1.33 bits per heavy atom. The van der Waals surface area contributed by atoms with Crippen LogP contribution in [0.2, 0.25) is 5.02 Å². The molecule has 1 aromatic carbocycles. The van der Waals surface area contributed by atoms with Crippen LogP contribution >= 0.6 is 23.8 Å². The first-order valence-corrected chi connectivity index (χ1v) is 7.40. The quantitative estimate of drug-likeness (QED) is 0.584. The smallest absolute Gasteiger partial charge is 0.279 e. The minimum absolute atomic E-state index is 0.319. The topological polar surface area (TPSA) is 62.4 Å². The standard InChI is InChI=1S/C14H20ClN3O2S/c1-5-16-14(21)18-17-13(19)10(4)20-11-6-8(2)12(15)9(3)7-11/h6-7,10H,5H2,1-4H3,(H,17,19)(H2,16,18,21)/t10-/m0/s1. The summed E-state index contributed by atoms with van der Waals surface area (Å²) in [5.41, 5.74) is 6.90. The largest absolute Gasteiger partial charge is 0.481 e. The van der Waals surface area contributed by atoms with E-state index in [0.29, 0.717) is 22.4 Å². The van der Waals surface area contributed by atoms with Gasteiger partial charge in [-0.1, -0.05) is 11.6 Å². The molecule has 0 heterocycles. The highest BCUT2D eigenvalue weighted by atomic mass is 35.5. The molecule has 21 heavy (non-hydrogen) atoms. The number of nitrogens with one attached hydrogen (secondary N) is 3. The Bertz CT molecular complexity index is 514. The number of carbonyl (C=O) groups is 1. The fourth-order valence-electron chi connectivity index (χ4n) is 1.66. The van der Waals surface area contributed by atoms with Crippen molar-refractivity contribution in [1.82, 2.24) is 16.2 Å². The van der Waals surface area contributed by atoms with Gasteiger partial charge < -0.3 is 10.1 Å². The highest BCUT2D eigenvalue weighted by molar-refractivity contribution is 7.80. The van der Waals surface area contributed by atoms with Gasteiger partial charge in [0.25, 0.3) is 5.91 Å². The van der Waals surface area contributed by atoms with Crippen LogP contribution in [0.4, 0.5) is 0 Å².